The largest absolute Gasteiger partial charge is 0.468 e. The maximum Gasteiger partial charge on any atom is 0.316 e. The molecule has 0 bridgehead atoms. The fourth-order valence-corrected chi connectivity index (χ4v) is 4.33. The zero-order valence-corrected chi connectivity index (χ0v) is 15.6. The second-order valence-electron chi connectivity index (χ2n) is 6.04. The molecule has 1 aliphatic rings. The lowest BCUT2D eigenvalue weighted by Crippen LogP contribution is -2.46. The molecule has 1 fully saturated rings. The molecule has 0 aliphatic heterocycles. The summed E-state index contributed by atoms with van der Waals surface area (Å²) >= 11 is 7.03. The molecule has 1 saturated carbocycles. The van der Waals surface area contributed by atoms with Crippen LogP contribution in [0.25, 0.3) is 0 Å². The van der Waals surface area contributed by atoms with Crippen molar-refractivity contribution in [1.82, 2.24) is 0 Å². The van der Waals surface area contributed by atoms with Crippen LogP contribution < -0.4 is 0 Å². The number of ketones is 2. The molecular formula is C20H17ClO4S. The Morgan fingerprint density at radius 3 is 2.35 bits per heavy atom. The molecule has 0 radical (unpaired) electrons. The van der Waals surface area contributed by atoms with E-state index in [9.17, 15) is 14.4 Å². The minimum Gasteiger partial charge on any atom is -0.468 e. The van der Waals surface area contributed by atoms with E-state index < -0.39 is 28.8 Å². The second kappa shape index (κ2) is 8.06. The van der Waals surface area contributed by atoms with Crippen molar-refractivity contribution >= 4 is 40.9 Å². The summed E-state index contributed by atoms with van der Waals surface area (Å²) in [5.74, 6) is -2.65. The van der Waals surface area contributed by atoms with Crippen molar-refractivity contribution in [3.05, 3.63) is 65.2 Å². The number of Topliss-reactive ketones (excluding diaryl/α,β-unsaturated/α-hetero) is 2. The van der Waals surface area contributed by atoms with Gasteiger partial charge in [0.2, 0.25) is 0 Å². The lowest BCUT2D eigenvalue weighted by Gasteiger charge is -2.32. The van der Waals surface area contributed by atoms with E-state index in [2.05, 4.69) is 0 Å². The molecule has 0 N–H and O–H groups in total. The number of carbonyl (C=O) groups is 3. The van der Waals surface area contributed by atoms with Gasteiger partial charge in [-0.25, -0.2) is 0 Å². The number of halogens is 1. The van der Waals surface area contributed by atoms with Crippen LogP contribution in [0.3, 0.4) is 0 Å². The third kappa shape index (κ3) is 3.84. The number of carbonyl (C=O) groups excluding carboxylic acids is 3. The minimum atomic E-state index is -0.982. The summed E-state index contributed by atoms with van der Waals surface area (Å²) in [4.78, 5) is 38.8. The van der Waals surface area contributed by atoms with Crippen molar-refractivity contribution in [3.8, 4) is 0 Å². The van der Waals surface area contributed by atoms with Gasteiger partial charge in [-0.2, -0.15) is 0 Å². The molecule has 2 aromatic carbocycles. The van der Waals surface area contributed by atoms with Gasteiger partial charge < -0.3 is 4.74 Å². The van der Waals surface area contributed by atoms with E-state index in [0.29, 0.717) is 5.02 Å². The van der Waals surface area contributed by atoms with Gasteiger partial charge >= 0.3 is 5.97 Å². The first kappa shape index (κ1) is 18.7. The van der Waals surface area contributed by atoms with Gasteiger partial charge in [0.1, 0.15) is 11.2 Å². The van der Waals surface area contributed by atoms with Crippen molar-refractivity contribution in [2.75, 3.05) is 7.11 Å². The van der Waals surface area contributed by atoms with Crippen LogP contribution in [0.2, 0.25) is 5.02 Å². The predicted molar refractivity (Wildman–Crippen MR) is 100 cm³/mol. The molecule has 1 aliphatic carbocycles. The number of methoxy groups -OCH3 is 1. The molecule has 26 heavy (non-hydrogen) atoms. The van der Waals surface area contributed by atoms with Crippen LogP contribution in [0.5, 0.6) is 0 Å². The summed E-state index contributed by atoms with van der Waals surface area (Å²) in [5, 5.41) is -0.340. The Morgan fingerprint density at radius 1 is 1.08 bits per heavy atom. The first-order valence-corrected chi connectivity index (χ1v) is 9.38. The first-order valence-electron chi connectivity index (χ1n) is 8.12. The fourth-order valence-electron chi connectivity index (χ4n) is 3.15. The zero-order valence-electron chi connectivity index (χ0n) is 14.1. The smallest absolute Gasteiger partial charge is 0.316 e. The molecule has 0 spiro atoms. The van der Waals surface area contributed by atoms with E-state index in [0.717, 1.165) is 22.2 Å². The van der Waals surface area contributed by atoms with Crippen LogP contribution in [0, 0.1) is 5.92 Å². The summed E-state index contributed by atoms with van der Waals surface area (Å²) in [6.45, 7) is 0. The van der Waals surface area contributed by atoms with Gasteiger partial charge in [0.05, 0.1) is 7.11 Å². The van der Waals surface area contributed by atoms with E-state index >= 15 is 0 Å². The topological polar surface area (TPSA) is 60.4 Å². The predicted octanol–water partition coefficient (Wildman–Crippen LogP) is 3.92. The van der Waals surface area contributed by atoms with Gasteiger partial charge in [-0.15, -0.1) is 11.8 Å². The maximum absolute atomic E-state index is 13.0. The Morgan fingerprint density at radius 2 is 1.73 bits per heavy atom. The van der Waals surface area contributed by atoms with E-state index in [1.165, 1.54) is 7.11 Å². The van der Waals surface area contributed by atoms with Crippen molar-refractivity contribution in [1.29, 1.82) is 0 Å². The molecular weight excluding hydrogens is 372 g/mol. The molecule has 0 amide bonds. The van der Waals surface area contributed by atoms with Gasteiger partial charge in [0.15, 0.2) is 11.6 Å². The quantitative estimate of drug-likeness (QED) is 0.587. The van der Waals surface area contributed by atoms with Gasteiger partial charge in [0.25, 0.3) is 0 Å². The maximum atomic E-state index is 13.0. The number of esters is 1. The third-order valence-corrected chi connectivity index (χ3v) is 5.96. The molecule has 2 aromatic rings. The number of thioether (sulfide) groups is 1. The SMILES string of the molecule is COC(=O)[C@@H]1C(=O)[C@@H](Sc2ccc(Cl)cc2)C(=O)C[C@@H]1c1ccccc1. The van der Waals surface area contributed by atoms with Crippen LogP contribution in [0.1, 0.15) is 17.9 Å². The van der Waals surface area contributed by atoms with Crippen LogP contribution in [-0.2, 0) is 19.1 Å². The third-order valence-electron chi connectivity index (χ3n) is 4.43. The highest BCUT2D eigenvalue weighted by Gasteiger charge is 2.48. The van der Waals surface area contributed by atoms with Crippen molar-refractivity contribution < 1.29 is 19.1 Å². The normalized spacial score (nSPS) is 22.9. The molecule has 3 atom stereocenters. The van der Waals surface area contributed by atoms with Crippen LogP contribution in [0.15, 0.2) is 59.5 Å². The van der Waals surface area contributed by atoms with E-state index in [4.69, 9.17) is 16.3 Å². The molecule has 0 saturated heterocycles. The van der Waals surface area contributed by atoms with Crippen LogP contribution in [-0.4, -0.2) is 29.9 Å². The summed E-state index contributed by atoms with van der Waals surface area (Å²) in [6, 6.07) is 16.1. The Hall–Kier alpha value is -2.11. The Kier molecular flexibility index (Phi) is 5.79. The zero-order chi connectivity index (χ0) is 18.7. The molecule has 4 nitrogen and oxygen atoms in total. The molecule has 134 valence electrons. The molecule has 3 rings (SSSR count). The highest BCUT2D eigenvalue weighted by molar-refractivity contribution is 8.01. The standard InChI is InChI=1S/C20H17ClO4S/c1-25-20(24)17-15(12-5-3-2-4-6-12)11-16(22)19(18(17)23)26-14-9-7-13(21)8-10-14/h2-10,15,17,19H,11H2,1H3/t15-,17+,19+/m1/s1. The van der Waals surface area contributed by atoms with Crippen molar-refractivity contribution in [2.45, 2.75) is 22.5 Å². The van der Waals surface area contributed by atoms with Gasteiger partial charge in [-0.3, -0.25) is 14.4 Å². The molecule has 0 aromatic heterocycles. The Labute approximate surface area is 160 Å². The summed E-state index contributed by atoms with van der Waals surface area (Å²) in [5.41, 5.74) is 0.791. The average Bonchev–Trinajstić information content (AvgIpc) is 2.66. The van der Waals surface area contributed by atoms with Crippen molar-refractivity contribution in [2.24, 2.45) is 5.92 Å². The van der Waals surface area contributed by atoms with Crippen molar-refractivity contribution in [3.63, 3.8) is 0 Å². The van der Waals surface area contributed by atoms with Gasteiger partial charge in [-0.05, 0) is 29.8 Å². The highest BCUT2D eigenvalue weighted by Crippen LogP contribution is 2.40. The van der Waals surface area contributed by atoms with Gasteiger partial charge in [0, 0.05) is 22.3 Å². The number of hydrogen-bond donors (Lipinski definition) is 0. The average molecular weight is 389 g/mol. The molecule has 0 heterocycles. The first-order chi connectivity index (χ1) is 12.5. The lowest BCUT2D eigenvalue weighted by atomic mass is 9.74. The van der Waals surface area contributed by atoms with E-state index in [-0.39, 0.29) is 12.2 Å². The van der Waals surface area contributed by atoms with E-state index in [1.54, 1.807) is 24.3 Å². The number of ether oxygens (including phenoxy) is 1. The summed E-state index contributed by atoms with van der Waals surface area (Å²) in [7, 11) is 1.26. The molecule has 6 heteroatoms. The number of rotatable bonds is 4. The van der Waals surface area contributed by atoms with Crippen LogP contribution in [0.4, 0.5) is 0 Å². The second-order valence-corrected chi connectivity index (χ2v) is 7.66. The molecule has 0 unspecified atom stereocenters. The Balaban J connectivity index is 1.91. The number of hydrogen-bond acceptors (Lipinski definition) is 5. The fraction of sp³-hybridized carbons (Fsp3) is 0.250. The summed E-state index contributed by atoms with van der Waals surface area (Å²) < 4.78 is 4.86. The lowest BCUT2D eigenvalue weighted by molar-refractivity contribution is -0.152. The monoisotopic (exact) mass is 388 g/mol. The minimum absolute atomic E-state index is 0.126. The number of benzene rings is 2. The highest BCUT2D eigenvalue weighted by atomic mass is 35.5. The Bertz CT molecular complexity index is 819. The van der Waals surface area contributed by atoms with Crippen LogP contribution >= 0.6 is 23.4 Å². The van der Waals surface area contributed by atoms with E-state index in [1.807, 2.05) is 30.3 Å². The van der Waals surface area contributed by atoms with Gasteiger partial charge in [-0.1, -0.05) is 41.9 Å². The summed E-state index contributed by atoms with van der Waals surface area (Å²) in [6.07, 6.45) is 0.126.